The SMILES string of the molecule is CC(CC(=O)NC(C)C(C)c1ccccc1)C1CCCNC1.Cl. The van der Waals surface area contributed by atoms with Crippen LogP contribution in [0, 0.1) is 11.8 Å². The quantitative estimate of drug-likeness (QED) is 0.829. The molecule has 4 atom stereocenters. The lowest BCUT2D eigenvalue weighted by Crippen LogP contribution is -2.39. The lowest BCUT2D eigenvalue weighted by Gasteiger charge is -2.29. The predicted octanol–water partition coefficient (Wildman–Crippen LogP) is 3.74. The Morgan fingerprint density at radius 3 is 2.57 bits per heavy atom. The summed E-state index contributed by atoms with van der Waals surface area (Å²) >= 11 is 0. The summed E-state index contributed by atoms with van der Waals surface area (Å²) in [6.07, 6.45) is 3.12. The molecule has 1 aliphatic heterocycles. The largest absolute Gasteiger partial charge is 0.353 e. The minimum atomic E-state index is 0. The molecule has 1 heterocycles. The van der Waals surface area contributed by atoms with Crippen molar-refractivity contribution in [2.75, 3.05) is 13.1 Å². The highest BCUT2D eigenvalue weighted by atomic mass is 35.5. The molecule has 3 nitrogen and oxygen atoms in total. The van der Waals surface area contributed by atoms with Crippen molar-refractivity contribution in [3.05, 3.63) is 35.9 Å². The molecule has 1 aliphatic rings. The lowest BCUT2D eigenvalue weighted by atomic mass is 9.85. The number of carbonyl (C=O) groups excluding carboxylic acids is 1. The molecule has 1 amide bonds. The van der Waals surface area contributed by atoms with Gasteiger partial charge >= 0.3 is 0 Å². The highest BCUT2D eigenvalue weighted by Crippen LogP contribution is 2.23. The average Bonchev–Trinajstić information content (AvgIpc) is 2.55. The second-order valence-corrected chi connectivity index (χ2v) is 6.84. The first-order valence-electron chi connectivity index (χ1n) is 8.63. The van der Waals surface area contributed by atoms with E-state index in [0.717, 1.165) is 13.1 Å². The van der Waals surface area contributed by atoms with E-state index in [0.29, 0.717) is 24.2 Å². The Labute approximate surface area is 147 Å². The number of amides is 1. The standard InChI is InChI=1S/C19H30N2O.ClH/c1-14(18-10-7-11-20-13-18)12-19(22)21-16(3)15(2)17-8-5-4-6-9-17;/h4-6,8-9,14-16,18,20H,7,10-13H2,1-3H3,(H,21,22);1H. The molecule has 0 aliphatic carbocycles. The first kappa shape index (κ1) is 20.0. The van der Waals surface area contributed by atoms with Crippen molar-refractivity contribution in [3.63, 3.8) is 0 Å². The molecule has 130 valence electrons. The second kappa shape index (κ2) is 9.94. The number of hydrogen-bond donors (Lipinski definition) is 2. The van der Waals surface area contributed by atoms with E-state index in [2.05, 4.69) is 55.7 Å². The number of rotatable bonds is 6. The van der Waals surface area contributed by atoms with Gasteiger partial charge in [0.25, 0.3) is 0 Å². The Bertz CT molecular complexity index is 460. The summed E-state index contributed by atoms with van der Waals surface area (Å²) in [5.74, 6) is 1.61. The van der Waals surface area contributed by atoms with Crippen LogP contribution in [0.3, 0.4) is 0 Å². The van der Waals surface area contributed by atoms with Gasteiger partial charge < -0.3 is 10.6 Å². The van der Waals surface area contributed by atoms with Crippen molar-refractivity contribution in [1.82, 2.24) is 10.6 Å². The zero-order valence-electron chi connectivity index (χ0n) is 14.5. The topological polar surface area (TPSA) is 41.1 Å². The smallest absolute Gasteiger partial charge is 0.220 e. The molecule has 23 heavy (non-hydrogen) atoms. The fourth-order valence-electron chi connectivity index (χ4n) is 3.31. The molecule has 4 heteroatoms. The van der Waals surface area contributed by atoms with E-state index in [-0.39, 0.29) is 24.4 Å². The molecule has 1 aromatic carbocycles. The van der Waals surface area contributed by atoms with Gasteiger partial charge in [0.1, 0.15) is 0 Å². The van der Waals surface area contributed by atoms with Crippen molar-refractivity contribution in [2.45, 2.75) is 52.0 Å². The molecular formula is C19H31ClN2O. The van der Waals surface area contributed by atoms with Crippen molar-refractivity contribution in [1.29, 1.82) is 0 Å². The van der Waals surface area contributed by atoms with Gasteiger partial charge in [0.05, 0.1) is 0 Å². The van der Waals surface area contributed by atoms with E-state index in [9.17, 15) is 4.79 Å². The summed E-state index contributed by atoms with van der Waals surface area (Å²) in [6, 6.07) is 10.6. The predicted molar refractivity (Wildman–Crippen MR) is 99.1 cm³/mol. The lowest BCUT2D eigenvalue weighted by molar-refractivity contribution is -0.123. The van der Waals surface area contributed by atoms with Crippen molar-refractivity contribution in [2.24, 2.45) is 11.8 Å². The third-order valence-electron chi connectivity index (χ3n) is 5.11. The zero-order chi connectivity index (χ0) is 15.9. The van der Waals surface area contributed by atoms with Crippen molar-refractivity contribution < 1.29 is 4.79 Å². The molecule has 1 aromatic rings. The molecule has 0 saturated carbocycles. The van der Waals surface area contributed by atoms with E-state index < -0.39 is 0 Å². The van der Waals surface area contributed by atoms with Crippen LogP contribution in [0.1, 0.15) is 51.5 Å². The molecule has 0 bridgehead atoms. The number of nitrogens with one attached hydrogen (secondary N) is 2. The maximum atomic E-state index is 12.3. The van der Waals surface area contributed by atoms with Crippen LogP contribution in [-0.2, 0) is 4.79 Å². The Hall–Kier alpha value is -1.06. The Morgan fingerprint density at radius 1 is 1.26 bits per heavy atom. The van der Waals surface area contributed by atoms with Crippen molar-refractivity contribution >= 4 is 18.3 Å². The molecule has 1 saturated heterocycles. The van der Waals surface area contributed by atoms with Crippen molar-refractivity contribution in [3.8, 4) is 0 Å². The van der Waals surface area contributed by atoms with Crippen LogP contribution in [0.2, 0.25) is 0 Å². The maximum Gasteiger partial charge on any atom is 0.220 e. The van der Waals surface area contributed by atoms with Crippen LogP contribution in [0.15, 0.2) is 30.3 Å². The van der Waals surface area contributed by atoms with Gasteiger partial charge in [-0.25, -0.2) is 0 Å². The monoisotopic (exact) mass is 338 g/mol. The number of carbonyl (C=O) groups is 1. The Kier molecular flexibility index (Phi) is 8.64. The number of halogens is 1. The highest BCUT2D eigenvalue weighted by Gasteiger charge is 2.23. The maximum absolute atomic E-state index is 12.3. The van der Waals surface area contributed by atoms with Gasteiger partial charge in [-0.2, -0.15) is 0 Å². The van der Waals surface area contributed by atoms with E-state index >= 15 is 0 Å². The molecule has 1 fully saturated rings. The molecule has 0 spiro atoms. The Balaban J connectivity index is 0.00000264. The van der Waals surface area contributed by atoms with Gasteiger partial charge in [-0.15, -0.1) is 12.4 Å². The number of benzene rings is 1. The third kappa shape index (κ3) is 6.15. The minimum Gasteiger partial charge on any atom is -0.353 e. The normalized spacial score (nSPS) is 21.6. The fraction of sp³-hybridized carbons (Fsp3) is 0.632. The first-order chi connectivity index (χ1) is 10.6. The molecule has 2 N–H and O–H groups in total. The summed E-state index contributed by atoms with van der Waals surface area (Å²) in [7, 11) is 0. The van der Waals surface area contributed by atoms with E-state index in [1.165, 1.54) is 18.4 Å². The van der Waals surface area contributed by atoms with Crippen LogP contribution in [0.4, 0.5) is 0 Å². The molecule has 0 radical (unpaired) electrons. The van der Waals surface area contributed by atoms with Gasteiger partial charge in [-0.05, 0) is 50.3 Å². The van der Waals surface area contributed by atoms with Crippen LogP contribution >= 0.6 is 12.4 Å². The molecular weight excluding hydrogens is 308 g/mol. The van der Waals surface area contributed by atoms with Gasteiger partial charge in [0, 0.05) is 18.4 Å². The van der Waals surface area contributed by atoms with E-state index in [1.807, 2.05) is 6.07 Å². The van der Waals surface area contributed by atoms with Gasteiger partial charge in [-0.1, -0.05) is 44.2 Å². The second-order valence-electron chi connectivity index (χ2n) is 6.84. The summed E-state index contributed by atoms with van der Waals surface area (Å²) in [6.45, 7) is 8.67. The van der Waals surface area contributed by atoms with E-state index in [4.69, 9.17) is 0 Å². The van der Waals surface area contributed by atoms with Crippen LogP contribution < -0.4 is 10.6 Å². The summed E-state index contributed by atoms with van der Waals surface area (Å²) in [4.78, 5) is 12.3. The summed E-state index contributed by atoms with van der Waals surface area (Å²) in [5, 5.41) is 6.63. The molecule has 0 aromatic heterocycles. The summed E-state index contributed by atoms with van der Waals surface area (Å²) in [5.41, 5.74) is 1.28. The van der Waals surface area contributed by atoms with Gasteiger partial charge in [-0.3, -0.25) is 4.79 Å². The average molecular weight is 339 g/mol. The van der Waals surface area contributed by atoms with Gasteiger partial charge in [0.15, 0.2) is 0 Å². The van der Waals surface area contributed by atoms with Crippen LogP contribution in [0.25, 0.3) is 0 Å². The third-order valence-corrected chi connectivity index (χ3v) is 5.11. The summed E-state index contributed by atoms with van der Waals surface area (Å²) < 4.78 is 0. The van der Waals surface area contributed by atoms with Crippen LogP contribution in [-0.4, -0.2) is 25.0 Å². The number of hydrogen-bond acceptors (Lipinski definition) is 2. The number of piperidine rings is 1. The molecule has 2 rings (SSSR count). The highest BCUT2D eigenvalue weighted by molar-refractivity contribution is 5.85. The zero-order valence-corrected chi connectivity index (χ0v) is 15.4. The fourth-order valence-corrected chi connectivity index (χ4v) is 3.31. The first-order valence-corrected chi connectivity index (χ1v) is 8.63. The van der Waals surface area contributed by atoms with Gasteiger partial charge in [0.2, 0.25) is 5.91 Å². The molecule has 4 unspecified atom stereocenters. The Morgan fingerprint density at radius 2 is 1.96 bits per heavy atom. The minimum absolute atomic E-state index is 0. The van der Waals surface area contributed by atoms with E-state index in [1.54, 1.807) is 0 Å². The van der Waals surface area contributed by atoms with Crippen LogP contribution in [0.5, 0.6) is 0 Å².